The highest BCUT2D eigenvalue weighted by Crippen LogP contribution is 2.36. The van der Waals surface area contributed by atoms with Crippen LogP contribution < -0.4 is 16.4 Å². The van der Waals surface area contributed by atoms with Crippen LogP contribution in [-0.4, -0.2) is 45.3 Å². The number of carboxylic acid groups (broad SMARTS) is 1. The molecule has 1 aromatic carbocycles. The van der Waals surface area contributed by atoms with Crippen LogP contribution in [-0.2, 0) is 11.2 Å². The number of rotatable bonds is 4. The Balaban J connectivity index is 1.94. The van der Waals surface area contributed by atoms with Crippen LogP contribution in [0.5, 0.6) is 0 Å². The molecule has 2 aromatic rings. The van der Waals surface area contributed by atoms with Crippen molar-refractivity contribution >= 4 is 23.6 Å². The van der Waals surface area contributed by atoms with E-state index in [4.69, 9.17) is 11.5 Å². The minimum atomic E-state index is -1.34. The van der Waals surface area contributed by atoms with E-state index in [1.165, 1.54) is 0 Å². The molecule has 2 atom stereocenters. The van der Waals surface area contributed by atoms with E-state index in [0.29, 0.717) is 18.8 Å². The van der Waals surface area contributed by atoms with Gasteiger partial charge in [-0.3, -0.25) is 4.79 Å². The summed E-state index contributed by atoms with van der Waals surface area (Å²) in [6, 6.07) is 10.8. The summed E-state index contributed by atoms with van der Waals surface area (Å²) in [6.07, 6.45) is -0.433. The number of carbonyl (C=O) groups is 1. The van der Waals surface area contributed by atoms with E-state index in [0.717, 1.165) is 5.56 Å². The minimum absolute atomic E-state index is 0.0325. The zero-order valence-corrected chi connectivity index (χ0v) is 13.7. The average Bonchev–Trinajstić information content (AvgIpc) is 2.56. The molecule has 0 spiro atoms. The molecule has 0 bridgehead atoms. The second-order valence-electron chi connectivity index (χ2n) is 6.36. The normalized spacial score (nSPS) is 23.4. The molecule has 1 aromatic heterocycles. The minimum Gasteiger partial charge on any atom is -0.481 e. The molecular weight excluding hydrogens is 322 g/mol. The lowest BCUT2D eigenvalue weighted by atomic mass is 9.73. The van der Waals surface area contributed by atoms with E-state index in [1.54, 1.807) is 11.0 Å². The van der Waals surface area contributed by atoms with Crippen LogP contribution in [0.2, 0.25) is 0 Å². The van der Waals surface area contributed by atoms with Gasteiger partial charge in [0.05, 0.1) is 6.10 Å². The third kappa shape index (κ3) is 3.34. The fourth-order valence-electron chi connectivity index (χ4n) is 3.33. The number of nitrogens with two attached hydrogens (primary N) is 2. The van der Waals surface area contributed by atoms with Crippen molar-refractivity contribution in [3.8, 4) is 0 Å². The number of aromatic nitrogens is 2. The fraction of sp³-hybridized carbons (Fsp3) is 0.353. The Bertz CT molecular complexity index is 750. The summed E-state index contributed by atoms with van der Waals surface area (Å²) in [5.41, 5.74) is 10.9. The first-order valence-corrected chi connectivity index (χ1v) is 8.01. The van der Waals surface area contributed by atoms with E-state index >= 15 is 0 Å². The number of hydrogen-bond donors (Lipinski definition) is 4. The van der Waals surface area contributed by atoms with Crippen LogP contribution in [0.1, 0.15) is 12.0 Å². The van der Waals surface area contributed by atoms with Crippen molar-refractivity contribution in [1.82, 2.24) is 9.97 Å². The maximum Gasteiger partial charge on any atom is 0.314 e. The molecule has 8 nitrogen and oxygen atoms in total. The SMILES string of the molecule is Nc1cc(N2CC[C@H](O)[C@](Cc3ccccc3)(C(=O)O)C2)nc(N)n1. The van der Waals surface area contributed by atoms with Gasteiger partial charge in [-0.25, -0.2) is 0 Å². The first-order valence-electron chi connectivity index (χ1n) is 8.01. The number of aliphatic hydroxyl groups excluding tert-OH is 1. The van der Waals surface area contributed by atoms with Crippen molar-refractivity contribution in [2.24, 2.45) is 5.41 Å². The second kappa shape index (κ2) is 6.56. The lowest BCUT2D eigenvalue weighted by Gasteiger charge is -2.44. The third-order valence-corrected chi connectivity index (χ3v) is 4.65. The van der Waals surface area contributed by atoms with Gasteiger partial charge in [-0.05, 0) is 18.4 Å². The molecule has 1 saturated heterocycles. The molecular formula is C17H21N5O3. The highest BCUT2D eigenvalue weighted by Gasteiger charge is 2.49. The van der Waals surface area contributed by atoms with Gasteiger partial charge in [-0.2, -0.15) is 9.97 Å². The Kier molecular flexibility index (Phi) is 4.45. The van der Waals surface area contributed by atoms with E-state index < -0.39 is 17.5 Å². The number of nitrogens with zero attached hydrogens (tertiary/aromatic N) is 3. The van der Waals surface area contributed by atoms with Gasteiger partial charge in [0.25, 0.3) is 0 Å². The summed E-state index contributed by atoms with van der Waals surface area (Å²) < 4.78 is 0. The number of benzene rings is 1. The predicted octanol–water partition coefficient (Wildman–Crippen LogP) is 0.526. The summed E-state index contributed by atoms with van der Waals surface area (Å²) in [4.78, 5) is 21.9. The Morgan fingerprint density at radius 1 is 1.28 bits per heavy atom. The molecule has 1 fully saturated rings. The average molecular weight is 343 g/mol. The number of nitrogen functional groups attached to an aromatic ring is 2. The van der Waals surface area contributed by atoms with Gasteiger partial charge in [0.15, 0.2) is 0 Å². The molecule has 3 rings (SSSR count). The second-order valence-corrected chi connectivity index (χ2v) is 6.36. The van der Waals surface area contributed by atoms with Crippen molar-refractivity contribution in [2.45, 2.75) is 18.9 Å². The molecule has 6 N–H and O–H groups in total. The molecule has 0 amide bonds. The van der Waals surface area contributed by atoms with E-state index in [1.807, 2.05) is 30.3 Å². The van der Waals surface area contributed by atoms with Crippen molar-refractivity contribution < 1.29 is 15.0 Å². The number of anilines is 3. The zero-order chi connectivity index (χ0) is 18.0. The first-order chi connectivity index (χ1) is 11.9. The molecule has 0 saturated carbocycles. The number of aliphatic hydroxyl groups is 1. The van der Waals surface area contributed by atoms with Crippen molar-refractivity contribution in [3.05, 3.63) is 42.0 Å². The topological polar surface area (TPSA) is 139 Å². The van der Waals surface area contributed by atoms with Crippen molar-refractivity contribution in [1.29, 1.82) is 0 Å². The summed E-state index contributed by atoms with van der Waals surface area (Å²) in [5.74, 6) is -0.318. The monoisotopic (exact) mass is 343 g/mol. The lowest BCUT2D eigenvalue weighted by Crippen LogP contribution is -2.57. The fourth-order valence-corrected chi connectivity index (χ4v) is 3.33. The van der Waals surface area contributed by atoms with Crippen LogP contribution in [0.15, 0.2) is 36.4 Å². The lowest BCUT2D eigenvalue weighted by molar-refractivity contribution is -0.157. The predicted molar refractivity (Wildman–Crippen MR) is 93.9 cm³/mol. The molecule has 8 heteroatoms. The van der Waals surface area contributed by atoms with Crippen LogP contribution in [0.3, 0.4) is 0 Å². The van der Waals surface area contributed by atoms with Gasteiger partial charge in [-0.1, -0.05) is 30.3 Å². The quantitative estimate of drug-likeness (QED) is 0.630. The molecule has 0 unspecified atom stereocenters. The third-order valence-electron chi connectivity index (χ3n) is 4.65. The molecule has 0 radical (unpaired) electrons. The number of carboxylic acids is 1. The molecule has 1 aliphatic rings. The summed E-state index contributed by atoms with van der Waals surface area (Å²) in [5, 5.41) is 20.5. The van der Waals surface area contributed by atoms with Crippen LogP contribution in [0.4, 0.5) is 17.6 Å². The zero-order valence-electron chi connectivity index (χ0n) is 13.7. The van der Waals surface area contributed by atoms with E-state index in [2.05, 4.69) is 9.97 Å². The Morgan fingerprint density at radius 2 is 2.00 bits per heavy atom. The summed E-state index contributed by atoms with van der Waals surface area (Å²) >= 11 is 0. The number of aliphatic carboxylic acids is 1. The first kappa shape index (κ1) is 17.0. The Hall–Kier alpha value is -2.87. The van der Waals surface area contributed by atoms with Gasteiger partial charge >= 0.3 is 5.97 Å². The number of hydrogen-bond acceptors (Lipinski definition) is 7. The molecule has 1 aliphatic heterocycles. The Morgan fingerprint density at radius 3 is 2.64 bits per heavy atom. The molecule has 2 heterocycles. The highest BCUT2D eigenvalue weighted by atomic mass is 16.4. The van der Waals surface area contributed by atoms with E-state index in [-0.39, 0.29) is 24.7 Å². The molecule has 0 aliphatic carbocycles. The van der Waals surface area contributed by atoms with Gasteiger partial charge in [-0.15, -0.1) is 0 Å². The van der Waals surface area contributed by atoms with Crippen LogP contribution in [0, 0.1) is 5.41 Å². The highest BCUT2D eigenvalue weighted by molar-refractivity contribution is 5.77. The summed E-state index contributed by atoms with van der Waals surface area (Å²) in [7, 11) is 0. The maximum absolute atomic E-state index is 12.1. The van der Waals surface area contributed by atoms with Gasteiger partial charge in [0.2, 0.25) is 5.95 Å². The van der Waals surface area contributed by atoms with Crippen molar-refractivity contribution in [3.63, 3.8) is 0 Å². The van der Waals surface area contributed by atoms with Gasteiger partial charge in [0, 0.05) is 19.2 Å². The van der Waals surface area contributed by atoms with E-state index in [9.17, 15) is 15.0 Å². The summed E-state index contributed by atoms with van der Waals surface area (Å²) in [6.45, 7) is 0.565. The number of piperidine rings is 1. The van der Waals surface area contributed by atoms with Crippen LogP contribution >= 0.6 is 0 Å². The maximum atomic E-state index is 12.1. The standard InChI is InChI=1S/C17H21N5O3/c18-13-8-14(21-16(19)20-13)22-7-6-12(23)17(10-22,15(24)25)9-11-4-2-1-3-5-11/h1-5,8,12,23H,6-7,9-10H2,(H,24,25)(H4,18,19,20,21)/t12-,17+/m0/s1. The van der Waals surface area contributed by atoms with Crippen LogP contribution in [0.25, 0.3) is 0 Å². The Labute approximate surface area is 145 Å². The van der Waals surface area contributed by atoms with Crippen molar-refractivity contribution in [2.75, 3.05) is 29.5 Å². The van der Waals surface area contributed by atoms with Gasteiger partial charge in [0.1, 0.15) is 17.1 Å². The molecule has 25 heavy (non-hydrogen) atoms. The largest absolute Gasteiger partial charge is 0.481 e. The van der Waals surface area contributed by atoms with Gasteiger partial charge < -0.3 is 26.6 Å². The molecule has 132 valence electrons. The smallest absolute Gasteiger partial charge is 0.314 e.